The summed E-state index contributed by atoms with van der Waals surface area (Å²) in [6, 6.07) is 7.89. The first-order valence-electron chi connectivity index (χ1n) is 8.90. The van der Waals surface area contributed by atoms with E-state index in [0.717, 1.165) is 18.3 Å². The molecule has 2 heteroatoms. The minimum atomic E-state index is -0.253. The molecule has 0 aromatic heterocycles. The molecule has 0 spiro atoms. The van der Waals surface area contributed by atoms with Gasteiger partial charge >= 0.3 is 5.97 Å². The van der Waals surface area contributed by atoms with E-state index in [9.17, 15) is 4.79 Å². The lowest BCUT2D eigenvalue weighted by atomic mass is 9.78. The van der Waals surface area contributed by atoms with Gasteiger partial charge in [0.2, 0.25) is 0 Å². The zero-order valence-electron chi connectivity index (χ0n) is 14.1. The van der Waals surface area contributed by atoms with Crippen molar-refractivity contribution in [1.29, 1.82) is 0 Å². The molecule has 1 aliphatic carbocycles. The second-order valence-corrected chi connectivity index (χ2v) is 6.76. The van der Waals surface area contributed by atoms with E-state index in [4.69, 9.17) is 4.74 Å². The second-order valence-electron chi connectivity index (χ2n) is 6.76. The van der Waals surface area contributed by atoms with Crippen LogP contribution in [0.3, 0.4) is 0 Å². The number of benzene rings is 1. The highest BCUT2D eigenvalue weighted by Crippen LogP contribution is 2.34. The fraction of sp³-hybridized carbons (Fsp3) is 0.650. The molecular weight excluding hydrogens is 272 g/mol. The molecule has 0 heterocycles. The first kappa shape index (κ1) is 17.1. The molecule has 1 fully saturated rings. The Kier molecular flexibility index (Phi) is 6.95. The van der Waals surface area contributed by atoms with Crippen LogP contribution in [-0.4, -0.2) is 13.1 Å². The van der Waals surface area contributed by atoms with Crippen molar-refractivity contribution in [3.8, 4) is 0 Å². The number of methoxy groups -OCH3 is 1. The summed E-state index contributed by atoms with van der Waals surface area (Å²) in [5.41, 5.74) is 1.98. The lowest BCUT2D eigenvalue weighted by Crippen LogP contribution is -2.15. The van der Waals surface area contributed by atoms with Crippen LogP contribution in [-0.2, 0) is 11.2 Å². The average Bonchev–Trinajstić information content (AvgIpc) is 2.58. The first-order chi connectivity index (χ1) is 10.7. The molecule has 1 aromatic rings. The van der Waals surface area contributed by atoms with Crippen molar-refractivity contribution < 1.29 is 9.53 Å². The van der Waals surface area contributed by atoms with E-state index in [0.29, 0.717) is 5.56 Å². The van der Waals surface area contributed by atoms with Crippen molar-refractivity contribution in [3.63, 3.8) is 0 Å². The number of hydrogen-bond donors (Lipinski definition) is 0. The molecule has 1 saturated carbocycles. The van der Waals surface area contributed by atoms with Crippen LogP contribution in [0.25, 0.3) is 0 Å². The summed E-state index contributed by atoms with van der Waals surface area (Å²) in [7, 11) is 1.42. The maximum absolute atomic E-state index is 11.4. The Hall–Kier alpha value is -1.31. The molecule has 0 N–H and O–H groups in total. The van der Waals surface area contributed by atoms with Crippen molar-refractivity contribution >= 4 is 5.97 Å². The van der Waals surface area contributed by atoms with E-state index in [2.05, 4.69) is 19.1 Å². The number of carbonyl (C=O) groups is 1. The van der Waals surface area contributed by atoms with Crippen LogP contribution in [0.15, 0.2) is 24.3 Å². The van der Waals surface area contributed by atoms with Crippen molar-refractivity contribution in [3.05, 3.63) is 35.4 Å². The molecule has 1 aliphatic rings. The van der Waals surface area contributed by atoms with Gasteiger partial charge in [-0.15, -0.1) is 0 Å². The molecule has 122 valence electrons. The van der Waals surface area contributed by atoms with Crippen molar-refractivity contribution in [2.45, 2.75) is 64.7 Å². The summed E-state index contributed by atoms with van der Waals surface area (Å²) in [6.45, 7) is 2.29. The minimum absolute atomic E-state index is 0.253. The number of carbonyl (C=O) groups excluding carboxylic acids is 1. The van der Waals surface area contributed by atoms with Gasteiger partial charge in [0.15, 0.2) is 0 Å². The Labute approximate surface area is 135 Å². The highest BCUT2D eigenvalue weighted by Gasteiger charge is 2.20. The van der Waals surface area contributed by atoms with Crippen LogP contribution in [0, 0.1) is 11.8 Å². The fourth-order valence-electron chi connectivity index (χ4n) is 3.60. The second kappa shape index (κ2) is 8.97. The Morgan fingerprint density at radius 3 is 2.18 bits per heavy atom. The summed E-state index contributed by atoms with van der Waals surface area (Å²) in [5, 5.41) is 0. The number of aryl methyl sites for hydroxylation is 1. The van der Waals surface area contributed by atoms with Crippen LogP contribution in [0.2, 0.25) is 0 Å². The molecule has 2 rings (SSSR count). The highest BCUT2D eigenvalue weighted by molar-refractivity contribution is 5.89. The molecule has 0 amide bonds. The van der Waals surface area contributed by atoms with Crippen LogP contribution >= 0.6 is 0 Å². The van der Waals surface area contributed by atoms with E-state index in [1.165, 1.54) is 64.0 Å². The van der Waals surface area contributed by atoms with Crippen molar-refractivity contribution in [1.82, 2.24) is 0 Å². The van der Waals surface area contributed by atoms with Gasteiger partial charge in [-0.2, -0.15) is 0 Å². The summed E-state index contributed by atoms with van der Waals surface area (Å²) >= 11 is 0. The summed E-state index contributed by atoms with van der Waals surface area (Å²) in [6.07, 6.45) is 12.3. The summed E-state index contributed by atoms with van der Waals surface area (Å²) in [4.78, 5) is 11.4. The van der Waals surface area contributed by atoms with Gasteiger partial charge in [0, 0.05) is 0 Å². The van der Waals surface area contributed by atoms with Crippen LogP contribution in [0.1, 0.15) is 74.2 Å². The zero-order chi connectivity index (χ0) is 15.8. The van der Waals surface area contributed by atoms with Gasteiger partial charge < -0.3 is 4.74 Å². The maximum Gasteiger partial charge on any atom is 0.337 e. The fourth-order valence-corrected chi connectivity index (χ4v) is 3.60. The molecule has 0 unspecified atom stereocenters. The molecule has 0 aliphatic heterocycles. The molecule has 1 aromatic carbocycles. The van der Waals surface area contributed by atoms with Crippen LogP contribution in [0.4, 0.5) is 0 Å². The molecule has 0 bridgehead atoms. The lowest BCUT2D eigenvalue weighted by molar-refractivity contribution is 0.0600. The molecular formula is C20H30O2. The Bertz CT molecular complexity index is 441. The Morgan fingerprint density at radius 1 is 1.05 bits per heavy atom. The zero-order valence-corrected chi connectivity index (χ0v) is 14.1. The molecule has 22 heavy (non-hydrogen) atoms. The van der Waals surface area contributed by atoms with E-state index in [1.807, 2.05) is 12.1 Å². The number of unbranched alkanes of at least 4 members (excludes halogenated alkanes) is 1. The van der Waals surface area contributed by atoms with Crippen molar-refractivity contribution in [2.24, 2.45) is 11.8 Å². The monoisotopic (exact) mass is 302 g/mol. The van der Waals surface area contributed by atoms with Gasteiger partial charge in [0.25, 0.3) is 0 Å². The third-order valence-corrected chi connectivity index (χ3v) is 5.15. The largest absolute Gasteiger partial charge is 0.465 e. The smallest absolute Gasteiger partial charge is 0.337 e. The predicted molar refractivity (Wildman–Crippen MR) is 91.1 cm³/mol. The quantitative estimate of drug-likeness (QED) is 0.630. The normalized spacial score (nSPS) is 21.5. The summed E-state index contributed by atoms with van der Waals surface area (Å²) < 4.78 is 4.73. The average molecular weight is 302 g/mol. The standard InChI is InChI=1S/C20H30O2/c1-3-4-5-16-6-8-17(9-7-16)10-11-18-12-14-19(15-13-18)20(21)22-2/h12-17H,3-11H2,1-2H3/t16-,17-. The van der Waals surface area contributed by atoms with Gasteiger partial charge in [-0.1, -0.05) is 64.0 Å². The highest BCUT2D eigenvalue weighted by atomic mass is 16.5. The molecule has 0 radical (unpaired) electrons. The van der Waals surface area contributed by atoms with Gasteiger partial charge in [0.1, 0.15) is 0 Å². The van der Waals surface area contributed by atoms with Crippen LogP contribution < -0.4 is 0 Å². The predicted octanol–water partition coefficient (Wildman–Crippen LogP) is 5.40. The van der Waals surface area contributed by atoms with E-state index >= 15 is 0 Å². The Balaban J connectivity index is 1.71. The van der Waals surface area contributed by atoms with E-state index in [-0.39, 0.29) is 5.97 Å². The third-order valence-electron chi connectivity index (χ3n) is 5.15. The molecule has 0 saturated heterocycles. The maximum atomic E-state index is 11.4. The molecule has 2 nitrogen and oxygen atoms in total. The summed E-state index contributed by atoms with van der Waals surface area (Å²) in [5.74, 6) is 1.64. The lowest BCUT2D eigenvalue weighted by Gasteiger charge is -2.28. The van der Waals surface area contributed by atoms with Gasteiger partial charge in [-0.25, -0.2) is 4.79 Å². The third kappa shape index (κ3) is 5.15. The molecule has 0 atom stereocenters. The van der Waals surface area contributed by atoms with Crippen molar-refractivity contribution in [2.75, 3.05) is 7.11 Å². The number of rotatable bonds is 7. The number of esters is 1. The SMILES string of the molecule is CCCC[C@H]1CC[C@H](CCc2ccc(C(=O)OC)cc2)CC1. The topological polar surface area (TPSA) is 26.3 Å². The van der Waals surface area contributed by atoms with E-state index in [1.54, 1.807) is 0 Å². The first-order valence-corrected chi connectivity index (χ1v) is 8.90. The van der Waals surface area contributed by atoms with Crippen LogP contribution in [0.5, 0.6) is 0 Å². The van der Waals surface area contributed by atoms with E-state index < -0.39 is 0 Å². The Morgan fingerprint density at radius 2 is 1.64 bits per heavy atom. The number of ether oxygens (including phenoxy) is 1. The van der Waals surface area contributed by atoms with Gasteiger partial charge in [-0.05, 0) is 42.4 Å². The van der Waals surface area contributed by atoms with Gasteiger partial charge in [0.05, 0.1) is 12.7 Å². The van der Waals surface area contributed by atoms with Gasteiger partial charge in [-0.3, -0.25) is 0 Å². The minimum Gasteiger partial charge on any atom is -0.465 e. The number of hydrogen-bond acceptors (Lipinski definition) is 2.